The Kier molecular flexibility index (Phi) is 3.34. The van der Waals surface area contributed by atoms with E-state index < -0.39 is 0 Å². The van der Waals surface area contributed by atoms with Gasteiger partial charge in [0.2, 0.25) is 0 Å². The number of nitrogens with two attached hydrogens (primary N) is 1. The molecule has 0 bridgehead atoms. The van der Waals surface area contributed by atoms with Gasteiger partial charge in [0.05, 0.1) is 6.54 Å². The van der Waals surface area contributed by atoms with E-state index >= 15 is 0 Å². The fourth-order valence-corrected chi connectivity index (χ4v) is 2.92. The maximum Gasteiger partial charge on any atom is 0.134 e. The third-order valence-electron chi connectivity index (χ3n) is 3.80. The van der Waals surface area contributed by atoms with Crippen LogP contribution in [0.1, 0.15) is 32.1 Å². The van der Waals surface area contributed by atoms with Crippen LogP contribution in [0.4, 0.5) is 0 Å². The summed E-state index contributed by atoms with van der Waals surface area (Å²) in [5.41, 5.74) is 10.4. The Bertz CT molecular complexity index is 763. The van der Waals surface area contributed by atoms with Crippen molar-refractivity contribution < 1.29 is 4.42 Å². The molecule has 0 atom stereocenters. The van der Waals surface area contributed by atoms with Crippen LogP contribution in [-0.2, 0) is 12.0 Å². The molecule has 1 aromatic heterocycles. The Morgan fingerprint density at radius 3 is 2.29 bits per heavy atom. The van der Waals surface area contributed by atoms with Crippen molar-refractivity contribution in [3.8, 4) is 11.1 Å². The summed E-state index contributed by atoms with van der Waals surface area (Å²) >= 11 is 0. The summed E-state index contributed by atoms with van der Waals surface area (Å²) in [5.74, 6) is 0.891. The molecule has 0 radical (unpaired) electrons. The Balaban J connectivity index is 2.25. The molecule has 108 valence electrons. The van der Waals surface area contributed by atoms with Crippen LogP contribution in [0, 0.1) is 0 Å². The Morgan fingerprint density at radius 2 is 1.67 bits per heavy atom. The van der Waals surface area contributed by atoms with Gasteiger partial charge < -0.3 is 10.2 Å². The summed E-state index contributed by atoms with van der Waals surface area (Å²) in [6.07, 6.45) is 0. The lowest BCUT2D eigenvalue weighted by atomic mass is 9.84. The predicted molar refractivity (Wildman–Crippen MR) is 88.2 cm³/mol. The highest BCUT2D eigenvalue weighted by atomic mass is 16.3. The first-order chi connectivity index (χ1) is 10.0. The van der Waals surface area contributed by atoms with Crippen LogP contribution in [-0.4, -0.2) is 0 Å². The molecule has 2 nitrogen and oxygen atoms in total. The molecule has 0 saturated heterocycles. The van der Waals surface area contributed by atoms with E-state index in [2.05, 4.69) is 57.2 Å². The first-order valence-electron chi connectivity index (χ1n) is 7.32. The third kappa shape index (κ3) is 2.47. The fraction of sp³-hybridized carbons (Fsp3) is 0.263. The van der Waals surface area contributed by atoms with E-state index in [-0.39, 0.29) is 5.41 Å². The highest BCUT2D eigenvalue weighted by Gasteiger charge is 2.24. The minimum Gasteiger partial charge on any atom is -0.459 e. The predicted octanol–water partition coefficient (Wildman–Crippen LogP) is 4.86. The summed E-state index contributed by atoms with van der Waals surface area (Å²) in [7, 11) is 0. The summed E-state index contributed by atoms with van der Waals surface area (Å²) in [5, 5.41) is 1.17. The second-order valence-corrected chi connectivity index (χ2v) is 6.43. The lowest BCUT2D eigenvalue weighted by Gasteiger charge is -2.19. The molecule has 1 heterocycles. The van der Waals surface area contributed by atoms with E-state index in [9.17, 15) is 0 Å². The lowest BCUT2D eigenvalue weighted by Crippen LogP contribution is -2.14. The standard InChI is InChI=1S/C19H21NO/c1-19(2,3)18-15-11-14(13-7-5-4-6-8-13)9-10-16(15)21-17(18)12-20/h4-11H,12,20H2,1-3H3. The minimum absolute atomic E-state index is 0.00919. The van der Waals surface area contributed by atoms with Gasteiger partial charge in [0.25, 0.3) is 0 Å². The van der Waals surface area contributed by atoms with E-state index in [1.807, 2.05) is 12.1 Å². The summed E-state index contributed by atoms with van der Waals surface area (Å²) in [6.45, 7) is 7.03. The summed E-state index contributed by atoms with van der Waals surface area (Å²) in [4.78, 5) is 0. The molecule has 3 rings (SSSR count). The van der Waals surface area contributed by atoms with Crippen LogP contribution in [0.25, 0.3) is 22.1 Å². The van der Waals surface area contributed by atoms with Crippen molar-refractivity contribution in [1.29, 1.82) is 0 Å². The molecule has 0 amide bonds. The van der Waals surface area contributed by atoms with E-state index in [4.69, 9.17) is 10.2 Å². The number of benzene rings is 2. The van der Waals surface area contributed by atoms with Crippen LogP contribution in [0.15, 0.2) is 52.9 Å². The lowest BCUT2D eigenvalue weighted by molar-refractivity contribution is 0.511. The zero-order chi connectivity index (χ0) is 15.0. The smallest absolute Gasteiger partial charge is 0.134 e. The molecule has 2 aromatic carbocycles. The van der Waals surface area contributed by atoms with Gasteiger partial charge >= 0.3 is 0 Å². The van der Waals surface area contributed by atoms with Gasteiger partial charge in [-0.1, -0.05) is 57.2 Å². The van der Waals surface area contributed by atoms with Gasteiger partial charge in [0.15, 0.2) is 0 Å². The van der Waals surface area contributed by atoms with Crippen molar-refractivity contribution in [2.75, 3.05) is 0 Å². The highest BCUT2D eigenvalue weighted by molar-refractivity contribution is 5.88. The van der Waals surface area contributed by atoms with Gasteiger partial charge in [-0.25, -0.2) is 0 Å². The van der Waals surface area contributed by atoms with Crippen molar-refractivity contribution in [1.82, 2.24) is 0 Å². The summed E-state index contributed by atoms with van der Waals surface area (Å²) in [6, 6.07) is 16.8. The van der Waals surface area contributed by atoms with E-state index in [0.29, 0.717) is 6.54 Å². The van der Waals surface area contributed by atoms with Gasteiger partial charge in [-0.05, 0) is 28.7 Å². The van der Waals surface area contributed by atoms with E-state index in [1.54, 1.807) is 0 Å². The van der Waals surface area contributed by atoms with Crippen LogP contribution >= 0.6 is 0 Å². The van der Waals surface area contributed by atoms with Crippen LogP contribution in [0.2, 0.25) is 0 Å². The maximum absolute atomic E-state index is 5.94. The normalized spacial score (nSPS) is 12.0. The number of rotatable bonds is 2. The zero-order valence-corrected chi connectivity index (χ0v) is 12.8. The molecule has 0 unspecified atom stereocenters. The molecule has 2 N–H and O–H groups in total. The maximum atomic E-state index is 5.94. The number of hydrogen-bond donors (Lipinski definition) is 1. The van der Waals surface area contributed by atoms with E-state index in [1.165, 1.54) is 22.1 Å². The fourth-order valence-electron chi connectivity index (χ4n) is 2.92. The van der Waals surface area contributed by atoms with Crippen LogP contribution < -0.4 is 5.73 Å². The van der Waals surface area contributed by atoms with E-state index in [0.717, 1.165) is 11.3 Å². The Morgan fingerprint density at radius 1 is 0.952 bits per heavy atom. The van der Waals surface area contributed by atoms with Gasteiger partial charge in [-0.15, -0.1) is 0 Å². The molecule has 0 spiro atoms. The number of hydrogen-bond acceptors (Lipinski definition) is 2. The third-order valence-corrected chi connectivity index (χ3v) is 3.80. The van der Waals surface area contributed by atoms with Crippen molar-refractivity contribution in [3.05, 3.63) is 59.9 Å². The zero-order valence-electron chi connectivity index (χ0n) is 12.8. The number of furan rings is 1. The SMILES string of the molecule is CC(C)(C)c1c(CN)oc2ccc(-c3ccccc3)cc12. The molecule has 21 heavy (non-hydrogen) atoms. The number of fused-ring (bicyclic) bond motifs is 1. The molecule has 0 aliphatic rings. The molecule has 0 aliphatic carbocycles. The minimum atomic E-state index is 0.00919. The van der Waals surface area contributed by atoms with Crippen molar-refractivity contribution in [2.24, 2.45) is 5.73 Å². The molecule has 2 heteroatoms. The van der Waals surface area contributed by atoms with Gasteiger partial charge in [-0.2, -0.15) is 0 Å². The first kappa shape index (κ1) is 13.9. The van der Waals surface area contributed by atoms with Crippen molar-refractivity contribution in [3.63, 3.8) is 0 Å². The molecule has 0 fully saturated rings. The Labute approximate surface area is 125 Å². The average Bonchev–Trinajstić information content (AvgIpc) is 2.85. The van der Waals surface area contributed by atoms with Gasteiger partial charge in [0.1, 0.15) is 11.3 Å². The highest BCUT2D eigenvalue weighted by Crippen LogP contribution is 2.37. The molecule has 3 aromatic rings. The van der Waals surface area contributed by atoms with Crippen LogP contribution in [0.3, 0.4) is 0 Å². The largest absolute Gasteiger partial charge is 0.459 e. The van der Waals surface area contributed by atoms with Gasteiger partial charge in [-0.3, -0.25) is 0 Å². The van der Waals surface area contributed by atoms with Crippen molar-refractivity contribution in [2.45, 2.75) is 32.7 Å². The molecular formula is C19H21NO. The second kappa shape index (κ2) is 5.05. The second-order valence-electron chi connectivity index (χ2n) is 6.43. The summed E-state index contributed by atoms with van der Waals surface area (Å²) < 4.78 is 5.94. The van der Waals surface area contributed by atoms with Gasteiger partial charge in [0, 0.05) is 10.9 Å². The van der Waals surface area contributed by atoms with Crippen LogP contribution in [0.5, 0.6) is 0 Å². The Hall–Kier alpha value is -2.06. The first-order valence-corrected chi connectivity index (χ1v) is 7.32. The average molecular weight is 279 g/mol. The quantitative estimate of drug-likeness (QED) is 0.728. The molecule has 0 saturated carbocycles. The van der Waals surface area contributed by atoms with Crippen molar-refractivity contribution >= 4 is 11.0 Å². The molecular weight excluding hydrogens is 258 g/mol. The topological polar surface area (TPSA) is 39.2 Å². The molecule has 0 aliphatic heterocycles. The monoisotopic (exact) mass is 279 g/mol.